The van der Waals surface area contributed by atoms with Crippen LogP contribution >= 0.6 is 11.3 Å². The van der Waals surface area contributed by atoms with E-state index in [0.717, 1.165) is 11.3 Å². The average molecular weight is 506 g/mol. The van der Waals surface area contributed by atoms with Crippen LogP contribution in [0.25, 0.3) is 5.76 Å². The number of hydrogen-bond acceptors (Lipinski definition) is 9. The van der Waals surface area contributed by atoms with Gasteiger partial charge in [0, 0.05) is 18.0 Å². The number of pyridine rings is 1. The van der Waals surface area contributed by atoms with Gasteiger partial charge >= 0.3 is 11.9 Å². The molecule has 184 valence electrons. The van der Waals surface area contributed by atoms with Gasteiger partial charge in [0.25, 0.3) is 5.78 Å². The molecule has 1 saturated heterocycles. The standard InChI is InChI=1S/C26H23N3O6S/c1-4-13-35-18-8-6-7-17(14-18)20-19(21(30)16-9-11-27-12-10-16)22(31)24(32)29(20)26-28-15(3)23(36-26)25(33)34-5-2/h4,6-12,14,20,30H,1,5,13H2,2-3H3. The second-order valence-corrected chi connectivity index (χ2v) is 8.69. The Morgan fingerprint density at radius 3 is 2.69 bits per heavy atom. The Bertz CT molecular complexity index is 1370. The minimum Gasteiger partial charge on any atom is -0.507 e. The summed E-state index contributed by atoms with van der Waals surface area (Å²) in [5.74, 6) is -2.18. The number of carbonyl (C=O) groups excluding carboxylic acids is 3. The van der Waals surface area contributed by atoms with Gasteiger partial charge in [0.15, 0.2) is 5.13 Å². The van der Waals surface area contributed by atoms with Crippen LogP contribution in [0.2, 0.25) is 0 Å². The number of benzene rings is 1. The van der Waals surface area contributed by atoms with Gasteiger partial charge in [-0.05, 0) is 43.7 Å². The molecule has 1 atom stereocenters. The summed E-state index contributed by atoms with van der Waals surface area (Å²) in [6.07, 6.45) is 4.54. The zero-order valence-electron chi connectivity index (χ0n) is 19.6. The molecule has 3 heterocycles. The van der Waals surface area contributed by atoms with E-state index in [1.165, 1.54) is 29.4 Å². The van der Waals surface area contributed by atoms with Crippen LogP contribution in [0.3, 0.4) is 0 Å². The fraction of sp³-hybridized carbons (Fsp3) is 0.192. The van der Waals surface area contributed by atoms with Gasteiger partial charge in [-0.3, -0.25) is 19.5 Å². The number of ether oxygens (including phenoxy) is 2. The predicted octanol–water partition coefficient (Wildman–Crippen LogP) is 4.21. The number of aromatic nitrogens is 2. The van der Waals surface area contributed by atoms with E-state index in [1.807, 2.05) is 0 Å². The van der Waals surface area contributed by atoms with Crippen LogP contribution in [0.5, 0.6) is 5.75 Å². The third-order valence-electron chi connectivity index (χ3n) is 5.39. The van der Waals surface area contributed by atoms with Gasteiger partial charge in [-0.25, -0.2) is 9.78 Å². The van der Waals surface area contributed by atoms with E-state index < -0.39 is 23.7 Å². The van der Waals surface area contributed by atoms with Crippen molar-refractivity contribution in [2.24, 2.45) is 0 Å². The fourth-order valence-corrected chi connectivity index (χ4v) is 4.80. The largest absolute Gasteiger partial charge is 0.507 e. The molecule has 2 aromatic heterocycles. The summed E-state index contributed by atoms with van der Waals surface area (Å²) >= 11 is 0.945. The van der Waals surface area contributed by atoms with Crippen molar-refractivity contribution in [1.82, 2.24) is 9.97 Å². The van der Waals surface area contributed by atoms with Crippen molar-refractivity contribution in [2.45, 2.75) is 19.9 Å². The third-order valence-corrected chi connectivity index (χ3v) is 6.53. The molecule has 9 nitrogen and oxygen atoms in total. The molecule has 1 aliphatic heterocycles. The molecule has 1 unspecified atom stereocenters. The van der Waals surface area contributed by atoms with Crippen molar-refractivity contribution in [3.63, 3.8) is 0 Å². The number of carbonyl (C=O) groups is 3. The van der Waals surface area contributed by atoms with Gasteiger partial charge in [-0.15, -0.1) is 0 Å². The number of aliphatic hydroxyl groups is 1. The first kappa shape index (κ1) is 24.8. The molecule has 0 bridgehead atoms. The number of aliphatic hydroxyl groups excluding tert-OH is 1. The number of nitrogens with zero attached hydrogens (tertiary/aromatic N) is 3. The fourth-order valence-electron chi connectivity index (χ4n) is 3.81. The van der Waals surface area contributed by atoms with Crippen LogP contribution in [-0.4, -0.2) is 45.9 Å². The quantitative estimate of drug-likeness (QED) is 0.159. The summed E-state index contributed by atoms with van der Waals surface area (Å²) in [5.41, 5.74) is 1.09. The minimum atomic E-state index is -1.02. The number of rotatable bonds is 8. The highest BCUT2D eigenvalue weighted by Crippen LogP contribution is 2.44. The Hall–Kier alpha value is -4.31. The monoisotopic (exact) mass is 505 g/mol. The second-order valence-electron chi connectivity index (χ2n) is 7.71. The Balaban J connectivity index is 1.90. The molecule has 0 spiro atoms. The number of esters is 1. The van der Waals surface area contributed by atoms with Crippen molar-refractivity contribution in [2.75, 3.05) is 18.1 Å². The molecule has 1 aliphatic rings. The molecule has 1 fully saturated rings. The number of aryl methyl sites for hydroxylation is 1. The summed E-state index contributed by atoms with van der Waals surface area (Å²) in [6, 6.07) is 8.90. The summed E-state index contributed by atoms with van der Waals surface area (Å²) < 4.78 is 10.7. The maximum atomic E-state index is 13.3. The van der Waals surface area contributed by atoms with E-state index in [-0.39, 0.29) is 34.6 Å². The van der Waals surface area contributed by atoms with Gasteiger partial charge in [-0.2, -0.15) is 0 Å². The highest BCUT2D eigenvalue weighted by Gasteiger charge is 2.48. The first-order valence-corrected chi connectivity index (χ1v) is 11.9. The predicted molar refractivity (Wildman–Crippen MR) is 134 cm³/mol. The van der Waals surface area contributed by atoms with E-state index in [0.29, 0.717) is 22.6 Å². The number of amides is 1. The molecule has 3 aromatic rings. The van der Waals surface area contributed by atoms with Crippen LogP contribution in [0.15, 0.2) is 67.0 Å². The Morgan fingerprint density at radius 2 is 2.00 bits per heavy atom. The van der Waals surface area contributed by atoms with Crippen LogP contribution < -0.4 is 9.64 Å². The van der Waals surface area contributed by atoms with E-state index in [4.69, 9.17) is 9.47 Å². The number of anilines is 1. The highest BCUT2D eigenvalue weighted by molar-refractivity contribution is 7.17. The van der Waals surface area contributed by atoms with Crippen LogP contribution in [0, 0.1) is 6.92 Å². The molecule has 1 N–H and O–H groups in total. The molecule has 10 heteroatoms. The SMILES string of the molecule is C=CCOc1cccc(C2C(=C(O)c3ccncc3)C(=O)C(=O)N2c2nc(C)c(C(=O)OCC)s2)c1. The lowest BCUT2D eigenvalue weighted by molar-refractivity contribution is -0.132. The number of ketones is 1. The topological polar surface area (TPSA) is 119 Å². The molecule has 4 rings (SSSR count). The minimum absolute atomic E-state index is 0.113. The molecule has 36 heavy (non-hydrogen) atoms. The van der Waals surface area contributed by atoms with Gasteiger partial charge in [0.1, 0.15) is 23.0 Å². The maximum absolute atomic E-state index is 13.3. The van der Waals surface area contributed by atoms with E-state index in [9.17, 15) is 19.5 Å². The summed E-state index contributed by atoms with van der Waals surface area (Å²) in [7, 11) is 0. The third kappa shape index (κ3) is 4.63. The average Bonchev–Trinajstić information content (AvgIpc) is 3.40. The van der Waals surface area contributed by atoms with Crippen molar-refractivity contribution in [3.8, 4) is 5.75 Å². The lowest BCUT2D eigenvalue weighted by Crippen LogP contribution is -2.29. The first-order chi connectivity index (χ1) is 17.4. The second kappa shape index (κ2) is 10.5. The van der Waals surface area contributed by atoms with Gasteiger partial charge in [0.2, 0.25) is 0 Å². The van der Waals surface area contributed by atoms with Gasteiger partial charge < -0.3 is 14.6 Å². The summed E-state index contributed by atoms with van der Waals surface area (Å²) in [5, 5.41) is 11.3. The van der Waals surface area contributed by atoms with Crippen molar-refractivity contribution in [3.05, 3.63) is 88.7 Å². The lowest BCUT2D eigenvalue weighted by atomic mass is 9.95. The van der Waals surface area contributed by atoms with Crippen LogP contribution in [0.4, 0.5) is 5.13 Å². The number of thiazole rings is 1. The normalized spacial score (nSPS) is 16.7. The molecule has 1 aromatic carbocycles. The van der Waals surface area contributed by atoms with E-state index in [2.05, 4.69) is 16.5 Å². The van der Waals surface area contributed by atoms with E-state index >= 15 is 0 Å². The molecule has 1 amide bonds. The molecular formula is C26H23N3O6S. The summed E-state index contributed by atoms with van der Waals surface area (Å²) in [4.78, 5) is 48.8. The van der Waals surface area contributed by atoms with Crippen molar-refractivity contribution in [1.29, 1.82) is 0 Å². The number of Topliss-reactive ketones (excluding diaryl/α,β-unsaturated/α-hetero) is 1. The highest BCUT2D eigenvalue weighted by atomic mass is 32.1. The molecule has 0 aliphatic carbocycles. The van der Waals surface area contributed by atoms with Crippen molar-refractivity contribution >= 4 is 39.9 Å². The smallest absolute Gasteiger partial charge is 0.350 e. The van der Waals surface area contributed by atoms with Crippen LogP contribution in [-0.2, 0) is 14.3 Å². The Labute approximate surface area is 211 Å². The Kier molecular flexibility index (Phi) is 7.25. The molecule has 0 saturated carbocycles. The van der Waals surface area contributed by atoms with Crippen LogP contribution in [0.1, 0.15) is 39.5 Å². The van der Waals surface area contributed by atoms with E-state index in [1.54, 1.807) is 44.2 Å². The number of hydrogen-bond donors (Lipinski definition) is 1. The zero-order chi connectivity index (χ0) is 25.8. The van der Waals surface area contributed by atoms with Crippen molar-refractivity contribution < 1.29 is 29.0 Å². The van der Waals surface area contributed by atoms with Gasteiger partial charge in [0.05, 0.1) is 23.9 Å². The first-order valence-electron chi connectivity index (χ1n) is 11.1. The summed E-state index contributed by atoms with van der Waals surface area (Å²) in [6.45, 7) is 7.39. The lowest BCUT2D eigenvalue weighted by Gasteiger charge is -2.23. The molecule has 0 radical (unpaired) electrons. The maximum Gasteiger partial charge on any atom is 0.350 e. The zero-order valence-corrected chi connectivity index (χ0v) is 20.4. The molecular weight excluding hydrogens is 482 g/mol. The van der Waals surface area contributed by atoms with Gasteiger partial charge in [-0.1, -0.05) is 36.1 Å². The Morgan fingerprint density at radius 1 is 1.25 bits per heavy atom.